The molecule has 2 N–H and O–H groups in total. The van der Waals surface area contributed by atoms with Crippen LogP contribution in [0.25, 0.3) is 0 Å². The van der Waals surface area contributed by atoms with E-state index in [0.29, 0.717) is 6.54 Å². The van der Waals surface area contributed by atoms with E-state index < -0.39 is 0 Å². The average Bonchev–Trinajstić information content (AvgIpc) is 2.36. The van der Waals surface area contributed by atoms with Crippen molar-refractivity contribution < 1.29 is 9.90 Å². The van der Waals surface area contributed by atoms with Crippen molar-refractivity contribution in [2.24, 2.45) is 0 Å². The molecule has 20 heavy (non-hydrogen) atoms. The lowest BCUT2D eigenvalue weighted by atomic mass is 10.0. The summed E-state index contributed by atoms with van der Waals surface area (Å²) in [4.78, 5) is 14.2. The minimum Gasteiger partial charge on any atom is -0.393 e. The molecule has 110 valence electrons. The van der Waals surface area contributed by atoms with Gasteiger partial charge in [-0.3, -0.25) is 9.69 Å². The second kappa shape index (κ2) is 6.37. The van der Waals surface area contributed by atoms with Gasteiger partial charge in [-0.1, -0.05) is 17.7 Å². The van der Waals surface area contributed by atoms with Gasteiger partial charge in [-0.25, -0.2) is 0 Å². The van der Waals surface area contributed by atoms with Gasteiger partial charge in [0.2, 0.25) is 5.91 Å². The molecular formula is C16H24N2O2. The molecule has 0 unspecified atom stereocenters. The Kier molecular flexibility index (Phi) is 4.78. The Hall–Kier alpha value is -1.39. The van der Waals surface area contributed by atoms with Crippen molar-refractivity contribution in [3.8, 4) is 0 Å². The second-order valence-corrected chi connectivity index (χ2v) is 5.83. The molecule has 1 fully saturated rings. The SMILES string of the molecule is Cc1cc(C)c(NC(=O)CN2CCC(O)CC2)c(C)c1. The Labute approximate surface area is 120 Å². The maximum atomic E-state index is 12.1. The standard InChI is InChI=1S/C16H24N2O2/c1-11-8-12(2)16(13(3)9-11)17-15(20)10-18-6-4-14(19)5-7-18/h8-9,14,19H,4-7,10H2,1-3H3,(H,17,20). The van der Waals surface area contributed by atoms with E-state index in [-0.39, 0.29) is 12.0 Å². The van der Waals surface area contributed by atoms with Crippen molar-refractivity contribution >= 4 is 11.6 Å². The first kappa shape index (κ1) is 15.0. The molecule has 0 bridgehead atoms. The number of nitrogens with zero attached hydrogens (tertiary/aromatic N) is 1. The van der Waals surface area contributed by atoms with Crippen LogP contribution < -0.4 is 5.32 Å². The van der Waals surface area contributed by atoms with Gasteiger partial charge in [-0.05, 0) is 44.7 Å². The fourth-order valence-electron chi connectivity index (χ4n) is 2.84. The Bertz CT molecular complexity index is 468. The number of amides is 1. The molecule has 1 saturated heterocycles. The smallest absolute Gasteiger partial charge is 0.238 e. The Morgan fingerprint density at radius 1 is 1.25 bits per heavy atom. The number of rotatable bonds is 3. The summed E-state index contributed by atoms with van der Waals surface area (Å²) in [5, 5.41) is 12.5. The van der Waals surface area contributed by atoms with Crippen LogP contribution in [0.2, 0.25) is 0 Å². The second-order valence-electron chi connectivity index (χ2n) is 5.83. The number of likely N-dealkylation sites (tertiary alicyclic amines) is 1. The summed E-state index contributed by atoms with van der Waals surface area (Å²) < 4.78 is 0. The lowest BCUT2D eigenvalue weighted by molar-refractivity contribution is -0.117. The number of benzene rings is 1. The van der Waals surface area contributed by atoms with Crippen molar-refractivity contribution in [3.63, 3.8) is 0 Å². The number of carbonyl (C=O) groups is 1. The Balaban J connectivity index is 1.95. The zero-order valence-electron chi connectivity index (χ0n) is 12.6. The molecule has 2 rings (SSSR count). The average molecular weight is 276 g/mol. The number of piperidine rings is 1. The third-order valence-corrected chi connectivity index (χ3v) is 3.87. The number of anilines is 1. The van der Waals surface area contributed by atoms with Crippen molar-refractivity contribution in [2.45, 2.75) is 39.7 Å². The first-order valence-electron chi connectivity index (χ1n) is 7.24. The molecule has 0 atom stereocenters. The van der Waals surface area contributed by atoms with E-state index in [1.165, 1.54) is 5.56 Å². The van der Waals surface area contributed by atoms with Gasteiger partial charge in [0.05, 0.1) is 12.6 Å². The molecule has 0 aromatic heterocycles. The van der Waals surface area contributed by atoms with Gasteiger partial charge in [0.25, 0.3) is 0 Å². The number of aliphatic hydroxyl groups is 1. The minimum atomic E-state index is -0.198. The third kappa shape index (κ3) is 3.81. The molecular weight excluding hydrogens is 252 g/mol. The van der Waals surface area contributed by atoms with E-state index in [0.717, 1.165) is 42.7 Å². The molecule has 0 radical (unpaired) electrons. The molecule has 0 aliphatic carbocycles. The predicted octanol–water partition coefficient (Wildman–Crippen LogP) is 2.01. The van der Waals surface area contributed by atoms with Crippen molar-refractivity contribution in [1.29, 1.82) is 0 Å². The molecule has 4 heteroatoms. The predicted molar refractivity (Wildman–Crippen MR) is 81.0 cm³/mol. The molecule has 1 aliphatic heterocycles. The monoisotopic (exact) mass is 276 g/mol. The lowest BCUT2D eigenvalue weighted by Gasteiger charge is -2.28. The van der Waals surface area contributed by atoms with E-state index in [4.69, 9.17) is 0 Å². The van der Waals surface area contributed by atoms with Crippen LogP contribution in [-0.4, -0.2) is 41.7 Å². The van der Waals surface area contributed by atoms with Crippen molar-refractivity contribution in [3.05, 3.63) is 28.8 Å². The summed E-state index contributed by atoms with van der Waals surface area (Å²) >= 11 is 0. The largest absolute Gasteiger partial charge is 0.393 e. The molecule has 1 aliphatic rings. The maximum absolute atomic E-state index is 12.1. The third-order valence-electron chi connectivity index (χ3n) is 3.87. The summed E-state index contributed by atoms with van der Waals surface area (Å²) in [6.45, 7) is 8.09. The number of aliphatic hydroxyl groups excluding tert-OH is 1. The fourth-order valence-corrected chi connectivity index (χ4v) is 2.84. The van der Waals surface area contributed by atoms with Gasteiger partial charge < -0.3 is 10.4 Å². The van der Waals surface area contributed by atoms with Gasteiger partial charge in [0.15, 0.2) is 0 Å². The Morgan fingerprint density at radius 2 is 1.80 bits per heavy atom. The van der Waals surface area contributed by atoms with Crippen molar-refractivity contribution in [1.82, 2.24) is 4.90 Å². The van der Waals surface area contributed by atoms with Gasteiger partial charge in [-0.15, -0.1) is 0 Å². The highest BCUT2D eigenvalue weighted by molar-refractivity contribution is 5.93. The van der Waals surface area contributed by atoms with Crippen LogP contribution in [0.3, 0.4) is 0 Å². The molecule has 1 aromatic rings. The van der Waals surface area contributed by atoms with Gasteiger partial charge in [-0.2, -0.15) is 0 Å². The minimum absolute atomic E-state index is 0.0245. The van der Waals surface area contributed by atoms with Gasteiger partial charge in [0, 0.05) is 18.8 Å². The van der Waals surface area contributed by atoms with Crippen molar-refractivity contribution in [2.75, 3.05) is 25.0 Å². The topological polar surface area (TPSA) is 52.6 Å². The first-order chi connectivity index (χ1) is 9.45. The molecule has 0 spiro atoms. The van der Waals surface area contributed by atoms with Crippen LogP contribution in [-0.2, 0) is 4.79 Å². The summed E-state index contributed by atoms with van der Waals surface area (Å²) in [6, 6.07) is 4.17. The molecule has 1 aromatic carbocycles. The maximum Gasteiger partial charge on any atom is 0.238 e. The van der Waals surface area contributed by atoms with Crippen LogP contribution >= 0.6 is 0 Å². The number of hydrogen-bond donors (Lipinski definition) is 2. The lowest BCUT2D eigenvalue weighted by Crippen LogP contribution is -2.40. The van der Waals surface area contributed by atoms with Gasteiger partial charge in [0.1, 0.15) is 0 Å². The molecule has 0 saturated carbocycles. The zero-order chi connectivity index (χ0) is 14.7. The van der Waals surface area contributed by atoms with E-state index >= 15 is 0 Å². The van der Waals surface area contributed by atoms with Crippen LogP contribution in [0.1, 0.15) is 29.5 Å². The van der Waals surface area contributed by atoms with E-state index in [9.17, 15) is 9.90 Å². The van der Waals surface area contributed by atoms with Crippen LogP contribution in [0.5, 0.6) is 0 Å². The van der Waals surface area contributed by atoms with Crippen LogP contribution in [0.15, 0.2) is 12.1 Å². The quantitative estimate of drug-likeness (QED) is 0.888. The van der Waals surface area contributed by atoms with Gasteiger partial charge >= 0.3 is 0 Å². The number of hydrogen-bond acceptors (Lipinski definition) is 3. The number of carbonyl (C=O) groups excluding carboxylic acids is 1. The molecule has 1 amide bonds. The van der Waals surface area contributed by atoms with Crippen LogP contribution in [0.4, 0.5) is 5.69 Å². The highest BCUT2D eigenvalue weighted by atomic mass is 16.3. The summed E-state index contributed by atoms with van der Waals surface area (Å²) in [7, 11) is 0. The fraction of sp³-hybridized carbons (Fsp3) is 0.562. The summed E-state index contributed by atoms with van der Waals surface area (Å²) in [5.74, 6) is 0.0245. The number of aryl methyl sites for hydroxylation is 3. The highest BCUT2D eigenvalue weighted by Gasteiger charge is 2.19. The summed E-state index contributed by atoms with van der Waals surface area (Å²) in [5.41, 5.74) is 4.34. The zero-order valence-corrected chi connectivity index (χ0v) is 12.6. The van der Waals surface area contributed by atoms with E-state index in [1.807, 2.05) is 13.8 Å². The van der Waals surface area contributed by atoms with E-state index in [1.54, 1.807) is 0 Å². The van der Waals surface area contributed by atoms with E-state index in [2.05, 4.69) is 29.3 Å². The highest BCUT2D eigenvalue weighted by Crippen LogP contribution is 2.22. The molecule has 1 heterocycles. The normalized spacial score (nSPS) is 17.2. The Morgan fingerprint density at radius 3 is 2.35 bits per heavy atom. The molecule has 4 nitrogen and oxygen atoms in total. The van der Waals surface area contributed by atoms with Crippen LogP contribution in [0, 0.1) is 20.8 Å². The first-order valence-corrected chi connectivity index (χ1v) is 7.24. The summed E-state index contributed by atoms with van der Waals surface area (Å²) in [6.07, 6.45) is 1.32. The number of nitrogens with one attached hydrogen (secondary N) is 1.